The van der Waals surface area contributed by atoms with Crippen molar-refractivity contribution < 1.29 is 13.9 Å². The summed E-state index contributed by atoms with van der Waals surface area (Å²) in [5, 5.41) is 0.121. The molecule has 0 aromatic heterocycles. The molecule has 2 aromatic rings. The molecule has 0 amide bonds. The molecular weight excluding hydrogens is 351 g/mol. The highest BCUT2D eigenvalue weighted by molar-refractivity contribution is 6.30. The van der Waals surface area contributed by atoms with E-state index in [4.69, 9.17) is 21.1 Å². The lowest BCUT2D eigenvalue weighted by atomic mass is 10.0. The number of hydrogen-bond acceptors (Lipinski definition) is 2. The second-order valence-electron chi connectivity index (χ2n) is 6.21. The molecule has 0 unspecified atom stereocenters. The van der Waals surface area contributed by atoms with Crippen molar-refractivity contribution in [1.29, 1.82) is 0 Å². The van der Waals surface area contributed by atoms with Gasteiger partial charge in [0.25, 0.3) is 0 Å². The quantitative estimate of drug-likeness (QED) is 0.526. The van der Waals surface area contributed by atoms with Gasteiger partial charge in [-0.25, -0.2) is 4.39 Å². The topological polar surface area (TPSA) is 18.5 Å². The summed E-state index contributed by atoms with van der Waals surface area (Å²) in [4.78, 5) is 0. The number of allylic oxidation sites excluding steroid dienone is 1. The second-order valence-corrected chi connectivity index (χ2v) is 6.61. The van der Waals surface area contributed by atoms with E-state index in [1.807, 2.05) is 30.3 Å². The molecule has 0 saturated carbocycles. The van der Waals surface area contributed by atoms with E-state index in [2.05, 4.69) is 18.4 Å². The van der Waals surface area contributed by atoms with Gasteiger partial charge >= 0.3 is 0 Å². The minimum atomic E-state index is -0.486. The molecule has 1 aliphatic heterocycles. The molecule has 2 aromatic carbocycles. The van der Waals surface area contributed by atoms with Crippen molar-refractivity contribution in [2.45, 2.75) is 19.1 Å². The van der Waals surface area contributed by atoms with Gasteiger partial charge in [-0.3, -0.25) is 0 Å². The Morgan fingerprint density at radius 3 is 2.46 bits per heavy atom. The van der Waals surface area contributed by atoms with Gasteiger partial charge in [0.2, 0.25) is 6.29 Å². The first-order valence-electron chi connectivity index (χ1n) is 8.57. The Bertz CT molecular complexity index is 812. The summed E-state index contributed by atoms with van der Waals surface area (Å²) in [6.45, 7) is 5.05. The van der Waals surface area contributed by atoms with E-state index in [0.717, 1.165) is 29.5 Å². The van der Waals surface area contributed by atoms with Crippen LogP contribution in [-0.2, 0) is 9.47 Å². The molecule has 1 saturated heterocycles. The van der Waals surface area contributed by atoms with Crippen LogP contribution in [0.5, 0.6) is 0 Å². The predicted molar refractivity (Wildman–Crippen MR) is 102 cm³/mol. The van der Waals surface area contributed by atoms with Crippen molar-refractivity contribution in [3.8, 4) is 23.0 Å². The smallest absolute Gasteiger partial charge is 0.222 e. The third kappa shape index (κ3) is 4.95. The molecule has 0 radical (unpaired) electrons. The van der Waals surface area contributed by atoms with E-state index in [0.29, 0.717) is 19.1 Å². The van der Waals surface area contributed by atoms with Crippen molar-refractivity contribution in [1.82, 2.24) is 0 Å². The van der Waals surface area contributed by atoms with E-state index in [1.54, 1.807) is 12.1 Å². The minimum absolute atomic E-state index is 0.121. The third-order valence-electron chi connectivity index (χ3n) is 4.22. The second kappa shape index (κ2) is 9.00. The van der Waals surface area contributed by atoms with Crippen molar-refractivity contribution in [3.05, 3.63) is 71.5 Å². The third-order valence-corrected chi connectivity index (χ3v) is 4.52. The van der Waals surface area contributed by atoms with Crippen LogP contribution < -0.4 is 0 Å². The molecule has 3 rings (SSSR count). The normalized spacial score (nSPS) is 19.5. The molecular formula is C22H20ClFO2. The lowest BCUT2D eigenvalue weighted by Gasteiger charge is -2.26. The van der Waals surface area contributed by atoms with E-state index < -0.39 is 12.1 Å². The van der Waals surface area contributed by atoms with Gasteiger partial charge in [0, 0.05) is 11.5 Å². The summed E-state index contributed by atoms with van der Waals surface area (Å²) in [7, 11) is 0. The van der Waals surface area contributed by atoms with Crippen LogP contribution in [0.1, 0.15) is 18.4 Å². The van der Waals surface area contributed by atoms with Gasteiger partial charge in [-0.15, -0.1) is 6.58 Å². The summed E-state index contributed by atoms with van der Waals surface area (Å²) >= 11 is 5.72. The fourth-order valence-electron chi connectivity index (χ4n) is 2.71. The van der Waals surface area contributed by atoms with Gasteiger partial charge in [0.05, 0.1) is 18.2 Å². The maximum Gasteiger partial charge on any atom is 0.222 e. The molecule has 1 fully saturated rings. The van der Waals surface area contributed by atoms with Crippen LogP contribution in [-0.4, -0.2) is 19.5 Å². The Hall–Kier alpha value is -2.12. The van der Waals surface area contributed by atoms with Crippen LogP contribution in [0.4, 0.5) is 4.39 Å². The number of ether oxygens (including phenoxy) is 2. The SMILES string of the molecule is C=CCCC1COC(C#Cc2ccc(-c3ccc(Cl)c(F)c3)cc2)OC1. The number of halogens is 2. The summed E-state index contributed by atoms with van der Waals surface area (Å²) in [6, 6.07) is 12.4. The average Bonchev–Trinajstić information content (AvgIpc) is 2.68. The Kier molecular flexibility index (Phi) is 6.46. The number of rotatable bonds is 4. The first kappa shape index (κ1) is 18.7. The first-order valence-corrected chi connectivity index (χ1v) is 8.94. The van der Waals surface area contributed by atoms with Crippen molar-refractivity contribution in [2.24, 2.45) is 5.92 Å². The zero-order valence-corrected chi connectivity index (χ0v) is 15.1. The Balaban J connectivity index is 1.59. The zero-order valence-electron chi connectivity index (χ0n) is 14.4. The van der Waals surface area contributed by atoms with Gasteiger partial charge in [0.15, 0.2) is 0 Å². The lowest BCUT2D eigenvalue weighted by molar-refractivity contribution is -0.169. The van der Waals surface area contributed by atoms with Gasteiger partial charge in [-0.1, -0.05) is 41.8 Å². The Labute approximate surface area is 158 Å². The number of benzene rings is 2. The molecule has 1 heterocycles. The van der Waals surface area contributed by atoms with Crippen LogP contribution in [0.15, 0.2) is 55.1 Å². The van der Waals surface area contributed by atoms with Crippen molar-refractivity contribution in [3.63, 3.8) is 0 Å². The summed E-state index contributed by atoms with van der Waals surface area (Å²) < 4.78 is 24.9. The highest BCUT2D eigenvalue weighted by atomic mass is 35.5. The maximum absolute atomic E-state index is 13.6. The molecule has 0 spiro atoms. The van der Waals surface area contributed by atoms with E-state index in [1.165, 1.54) is 6.07 Å². The molecule has 2 nitrogen and oxygen atoms in total. The lowest BCUT2D eigenvalue weighted by Crippen LogP contribution is -2.31. The highest BCUT2D eigenvalue weighted by Crippen LogP contribution is 2.24. The van der Waals surface area contributed by atoms with Crippen molar-refractivity contribution >= 4 is 11.6 Å². The van der Waals surface area contributed by atoms with E-state index in [-0.39, 0.29) is 5.02 Å². The number of hydrogen-bond donors (Lipinski definition) is 0. The molecule has 0 bridgehead atoms. The fourth-order valence-corrected chi connectivity index (χ4v) is 2.83. The van der Waals surface area contributed by atoms with Crippen LogP contribution in [0.2, 0.25) is 5.02 Å². The van der Waals surface area contributed by atoms with Crippen LogP contribution in [0.3, 0.4) is 0 Å². The van der Waals surface area contributed by atoms with E-state index in [9.17, 15) is 4.39 Å². The largest absolute Gasteiger partial charge is 0.342 e. The van der Waals surface area contributed by atoms with Gasteiger partial charge in [-0.05, 0) is 54.2 Å². The maximum atomic E-state index is 13.6. The average molecular weight is 371 g/mol. The zero-order chi connectivity index (χ0) is 18.4. The first-order chi connectivity index (χ1) is 12.7. The van der Waals surface area contributed by atoms with Gasteiger partial charge < -0.3 is 9.47 Å². The van der Waals surface area contributed by atoms with Crippen LogP contribution >= 0.6 is 11.6 Å². The Morgan fingerprint density at radius 2 is 1.81 bits per heavy atom. The monoisotopic (exact) mass is 370 g/mol. The van der Waals surface area contributed by atoms with Gasteiger partial charge in [-0.2, -0.15) is 0 Å². The highest BCUT2D eigenvalue weighted by Gasteiger charge is 2.19. The van der Waals surface area contributed by atoms with Crippen LogP contribution in [0.25, 0.3) is 11.1 Å². The summed E-state index contributed by atoms with van der Waals surface area (Å²) in [5.41, 5.74) is 2.53. The van der Waals surface area contributed by atoms with Gasteiger partial charge in [0.1, 0.15) is 5.82 Å². The molecule has 0 atom stereocenters. The standard InChI is InChI=1S/C22H20ClFO2/c1-2-3-4-17-14-25-22(26-15-17)12-7-16-5-8-18(9-6-16)19-10-11-20(23)21(24)13-19/h2,5-6,8-11,13,17,22H,1,3-4,14-15H2. The summed E-state index contributed by atoms with van der Waals surface area (Å²) in [5.74, 6) is 6.04. The molecule has 0 aliphatic carbocycles. The molecule has 134 valence electrons. The van der Waals surface area contributed by atoms with Crippen LogP contribution in [0, 0.1) is 23.6 Å². The van der Waals surface area contributed by atoms with E-state index >= 15 is 0 Å². The predicted octanol–water partition coefficient (Wildman–Crippen LogP) is 5.45. The molecule has 26 heavy (non-hydrogen) atoms. The molecule has 4 heteroatoms. The Morgan fingerprint density at radius 1 is 1.12 bits per heavy atom. The molecule has 1 aliphatic rings. The fraction of sp³-hybridized carbons (Fsp3) is 0.273. The summed E-state index contributed by atoms with van der Waals surface area (Å²) in [6.07, 6.45) is 3.42. The molecule has 0 N–H and O–H groups in total. The minimum Gasteiger partial charge on any atom is -0.342 e. The van der Waals surface area contributed by atoms with Crippen molar-refractivity contribution in [2.75, 3.05) is 13.2 Å².